The number of carbonyl (C=O) groups is 1. The third-order valence-corrected chi connectivity index (χ3v) is 4.43. The van der Waals surface area contributed by atoms with Crippen LogP contribution in [0.2, 0.25) is 5.15 Å². The minimum atomic E-state index is 0.332. The summed E-state index contributed by atoms with van der Waals surface area (Å²) < 4.78 is 6.96. The van der Waals surface area contributed by atoms with Crippen LogP contribution in [0.15, 0.2) is 24.3 Å². The van der Waals surface area contributed by atoms with Crippen LogP contribution in [0.25, 0.3) is 5.69 Å². The Morgan fingerprint density at radius 2 is 2.05 bits per heavy atom. The van der Waals surface area contributed by atoms with Gasteiger partial charge in [0, 0.05) is 5.92 Å². The van der Waals surface area contributed by atoms with Gasteiger partial charge in [-0.1, -0.05) is 36.6 Å². The molecule has 0 atom stereocenters. The van der Waals surface area contributed by atoms with Crippen LogP contribution in [0, 0.1) is 0 Å². The molecule has 3 rings (SSSR count). The molecule has 1 fully saturated rings. The average molecular weight is 305 g/mol. The van der Waals surface area contributed by atoms with Crippen LogP contribution in [-0.4, -0.2) is 23.2 Å². The van der Waals surface area contributed by atoms with Crippen molar-refractivity contribution < 1.29 is 9.53 Å². The van der Waals surface area contributed by atoms with Gasteiger partial charge in [0.05, 0.1) is 18.4 Å². The SMILES string of the molecule is COc1ccccc1-n1nc(C2CCCC2)c(C=O)c1Cl. The first-order valence-corrected chi connectivity index (χ1v) is 7.51. The highest BCUT2D eigenvalue weighted by atomic mass is 35.5. The van der Waals surface area contributed by atoms with Crippen LogP contribution in [0.5, 0.6) is 5.75 Å². The second-order valence-electron chi connectivity index (χ2n) is 5.27. The molecule has 0 saturated heterocycles. The largest absolute Gasteiger partial charge is 0.494 e. The van der Waals surface area contributed by atoms with E-state index in [4.69, 9.17) is 16.3 Å². The van der Waals surface area contributed by atoms with Crippen molar-refractivity contribution >= 4 is 17.9 Å². The quantitative estimate of drug-likeness (QED) is 0.802. The number of methoxy groups -OCH3 is 1. The van der Waals surface area contributed by atoms with Gasteiger partial charge >= 0.3 is 0 Å². The fourth-order valence-electron chi connectivity index (χ4n) is 3.00. The van der Waals surface area contributed by atoms with Gasteiger partial charge in [0.2, 0.25) is 0 Å². The van der Waals surface area contributed by atoms with Crippen LogP contribution in [0.1, 0.15) is 47.7 Å². The van der Waals surface area contributed by atoms with Crippen LogP contribution in [0.4, 0.5) is 0 Å². The molecule has 1 aromatic heterocycles. The van der Waals surface area contributed by atoms with Crippen LogP contribution < -0.4 is 4.74 Å². The number of aldehydes is 1. The number of benzene rings is 1. The van der Waals surface area contributed by atoms with Crippen molar-refractivity contribution in [1.29, 1.82) is 0 Å². The molecule has 0 amide bonds. The Balaban J connectivity index is 2.13. The molecular weight excluding hydrogens is 288 g/mol. The minimum Gasteiger partial charge on any atom is -0.494 e. The van der Waals surface area contributed by atoms with E-state index < -0.39 is 0 Å². The molecule has 0 N–H and O–H groups in total. The van der Waals surface area contributed by atoms with Crippen LogP contribution in [-0.2, 0) is 0 Å². The predicted octanol–water partition coefficient (Wildman–Crippen LogP) is 4.00. The van der Waals surface area contributed by atoms with E-state index in [1.807, 2.05) is 24.3 Å². The monoisotopic (exact) mass is 304 g/mol. The highest BCUT2D eigenvalue weighted by molar-refractivity contribution is 6.32. The molecule has 5 heteroatoms. The Labute approximate surface area is 128 Å². The summed E-state index contributed by atoms with van der Waals surface area (Å²) in [6.45, 7) is 0. The molecule has 0 bridgehead atoms. The fraction of sp³-hybridized carbons (Fsp3) is 0.375. The predicted molar refractivity (Wildman–Crippen MR) is 81.7 cm³/mol. The van der Waals surface area contributed by atoms with E-state index in [1.165, 1.54) is 12.8 Å². The summed E-state index contributed by atoms with van der Waals surface area (Å²) in [5, 5.41) is 4.97. The van der Waals surface area contributed by atoms with Gasteiger partial charge in [-0.2, -0.15) is 5.10 Å². The summed E-state index contributed by atoms with van der Waals surface area (Å²) in [7, 11) is 1.61. The molecule has 21 heavy (non-hydrogen) atoms. The smallest absolute Gasteiger partial charge is 0.155 e. The Kier molecular flexibility index (Phi) is 3.97. The second-order valence-corrected chi connectivity index (χ2v) is 5.63. The molecule has 1 heterocycles. The van der Waals surface area contributed by atoms with E-state index in [2.05, 4.69) is 5.10 Å². The first-order chi connectivity index (χ1) is 10.3. The molecule has 1 aliphatic rings. The number of carbonyl (C=O) groups excluding carboxylic acids is 1. The van der Waals surface area contributed by atoms with E-state index in [0.29, 0.717) is 22.4 Å². The van der Waals surface area contributed by atoms with Gasteiger partial charge in [-0.15, -0.1) is 0 Å². The summed E-state index contributed by atoms with van der Waals surface area (Å²) in [6, 6.07) is 7.51. The van der Waals surface area contributed by atoms with Crippen molar-refractivity contribution in [2.45, 2.75) is 31.6 Å². The average Bonchev–Trinajstić information content (AvgIpc) is 3.14. The number of aromatic nitrogens is 2. The Bertz CT molecular complexity index is 660. The zero-order valence-electron chi connectivity index (χ0n) is 11.9. The third-order valence-electron chi connectivity index (χ3n) is 4.06. The lowest BCUT2D eigenvalue weighted by Crippen LogP contribution is -2.01. The number of ether oxygens (including phenoxy) is 1. The lowest BCUT2D eigenvalue weighted by molar-refractivity contribution is 0.112. The normalized spacial score (nSPS) is 15.3. The van der Waals surface area contributed by atoms with Gasteiger partial charge in [-0.25, -0.2) is 4.68 Å². The highest BCUT2D eigenvalue weighted by Gasteiger charge is 2.27. The van der Waals surface area contributed by atoms with Gasteiger partial charge in [0.15, 0.2) is 6.29 Å². The standard InChI is InChI=1S/C16H17ClN2O2/c1-21-14-9-5-4-8-13(14)19-16(17)12(10-20)15(18-19)11-6-2-3-7-11/h4-5,8-11H,2-3,6-7H2,1H3. The van der Waals surface area contributed by atoms with Crippen molar-refractivity contribution in [2.75, 3.05) is 7.11 Å². The number of hydrogen-bond acceptors (Lipinski definition) is 3. The second kappa shape index (κ2) is 5.90. The van der Waals surface area contributed by atoms with Crippen molar-refractivity contribution in [3.8, 4) is 11.4 Å². The fourth-order valence-corrected chi connectivity index (χ4v) is 3.27. The lowest BCUT2D eigenvalue weighted by Gasteiger charge is -2.09. The lowest BCUT2D eigenvalue weighted by atomic mass is 10.0. The molecule has 1 aromatic carbocycles. The Hall–Kier alpha value is -1.81. The van der Waals surface area contributed by atoms with Crippen molar-refractivity contribution in [2.24, 2.45) is 0 Å². The summed E-state index contributed by atoms with van der Waals surface area (Å²) >= 11 is 6.39. The minimum absolute atomic E-state index is 0.332. The summed E-state index contributed by atoms with van der Waals surface area (Å²) in [5.74, 6) is 1.01. The summed E-state index contributed by atoms with van der Waals surface area (Å²) in [5.41, 5.74) is 2.07. The van der Waals surface area contributed by atoms with Crippen molar-refractivity contribution in [3.05, 3.63) is 40.7 Å². The molecule has 0 aliphatic heterocycles. The maximum Gasteiger partial charge on any atom is 0.155 e. The van der Waals surface area contributed by atoms with E-state index in [-0.39, 0.29) is 0 Å². The number of halogens is 1. The molecule has 110 valence electrons. The molecule has 1 aliphatic carbocycles. The summed E-state index contributed by atoms with van der Waals surface area (Å²) in [6.07, 6.45) is 5.32. The zero-order chi connectivity index (χ0) is 14.8. The van der Waals surface area contributed by atoms with Crippen molar-refractivity contribution in [3.63, 3.8) is 0 Å². The molecule has 1 saturated carbocycles. The summed E-state index contributed by atoms with van der Waals surface area (Å²) in [4.78, 5) is 11.4. The molecule has 0 radical (unpaired) electrons. The maximum atomic E-state index is 11.4. The maximum absolute atomic E-state index is 11.4. The number of rotatable bonds is 4. The molecule has 0 spiro atoms. The van der Waals surface area contributed by atoms with Gasteiger partial charge in [0.1, 0.15) is 16.6 Å². The number of nitrogens with zero attached hydrogens (tertiary/aromatic N) is 2. The first kappa shape index (κ1) is 14.1. The number of hydrogen-bond donors (Lipinski definition) is 0. The topological polar surface area (TPSA) is 44.1 Å². The van der Waals surface area contributed by atoms with E-state index in [1.54, 1.807) is 11.8 Å². The van der Waals surface area contributed by atoms with E-state index in [0.717, 1.165) is 30.5 Å². The molecule has 2 aromatic rings. The van der Waals surface area contributed by atoms with Gasteiger partial charge in [0.25, 0.3) is 0 Å². The third kappa shape index (κ3) is 2.44. The van der Waals surface area contributed by atoms with Crippen molar-refractivity contribution in [1.82, 2.24) is 9.78 Å². The van der Waals surface area contributed by atoms with E-state index in [9.17, 15) is 4.79 Å². The van der Waals surface area contributed by atoms with Gasteiger partial charge in [-0.3, -0.25) is 4.79 Å². The first-order valence-electron chi connectivity index (χ1n) is 7.13. The molecule has 0 unspecified atom stereocenters. The highest BCUT2D eigenvalue weighted by Crippen LogP contribution is 2.38. The number of para-hydroxylation sites is 2. The molecule has 4 nitrogen and oxygen atoms in total. The Morgan fingerprint density at radius 1 is 1.33 bits per heavy atom. The van der Waals surface area contributed by atoms with E-state index >= 15 is 0 Å². The van der Waals surface area contributed by atoms with Crippen LogP contribution >= 0.6 is 11.6 Å². The molecular formula is C16H17ClN2O2. The zero-order valence-corrected chi connectivity index (χ0v) is 12.6. The van der Waals surface area contributed by atoms with Gasteiger partial charge in [-0.05, 0) is 25.0 Å². The van der Waals surface area contributed by atoms with Crippen LogP contribution in [0.3, 0.4) is 0 Å². The van der Waals surface area contributed by atoms with Gasteiger partial charge < -0.3 is 4.74 Å². The Morgan fingerprint density at radius 3 is 2.71 bits per heavy atom.